The molecule has 24 heavy (non-hydrogen) atoms. The van der Waals surface area contributed by atoms with E-state index in [1.165, 1.54) is 4.90 Å². The molecule has 1 aliphatic heterocycles. The summed E-state index contributed by atoms with van der Waals surface area (Å²) in [6, 6.07) is 6.22. The Balaban J connectivity index is 1.75. The number of carbonyl (C=O) groups is 1. The zero-order valence-electron chi connectivity index (χ0n) is 13.0. The number of β-amino-alcohol motifs (C(OH)–C–C–N with tert-alkyl or cyclic N) is 1. The van der Waals surface area contributed by atoms with E-state index < -0.39 is 23.8 Å². The first-order chi connectivity index (χ1) is 11.5. The van der Waals surface area contributed by atoms with E-state index in [0.29, 0.717) is 6.42 Å². The van der Waals surface area contributed by atoms with E-state index in [0.717, 1.165) is 23.8 Å². The van der Waals surface area contributed by atoms with Crippen molar-refractivity contribution in [2.45, 2.75) is 31.4 Å². The summed E-state index contributed by atoms with van der Waals surface area (Å²) < 4.78 is 27.5. The molecule has 2 aromatic rings. The van der Waals surface area contributed by atoms with Crippen molar-refractivity contribution in [2.24, 2.45) is 0 Å². The summed E-state index contributed by atoms with van der Waals surface area (Å²) >= 11 is 0. The Morgan fingerprint density at radius 2 is 2.17 bits per heavy atom. The summed E-state index contributed by atoms with van der Waals surface area (Å²) in [7, 11) is 0. The average Bonchev–Trinajstić information content (AvgIpc) is 2.97. The monoisotopic (exact) mass is 332 g/mol. The number of nitrogens with zero attached hydrogens (tertiary/aromatic N) is 2. The summed E-state index contributed by atoms with van der Waals surface area (Å²) in [5.41, 5.74) is 1.04. The van der Waals surface area contributed by atoms with E-state index >= 15 is 0 Å². The SMILES string of the molecule is O=C(CCc1cccnc1)N1CC(O)CC1c1cc(F)ccc1F. The number of hydrogen-bond acceptors (Lipinski definition) is 3. The Morgan fingerprint density at radius 3 is 2.92 bits per heavy atom. The Kier molecular flexibility index (Phi) is 4.85. The summed E-state index contributed by atoms with van der Waals surface area (Å²) in [5.74, 6) is -1.32. The molecule has 3 rings (SSSR count). The fourth-order valence-corrected chi connectivity index (χ4v) is 3.10. The Labute approximate surface area is 138 Å². The highest BCUT2D eigenvalue weighted by atomic mass is 19.1. The van der Waals surface area contributed by atoms with Crippen molar-refractivity contribution in [3.8, 4) is 0 Å². The Hall–Kier alpha value is -2.34. The molecule has 0 aliphatic carbocycles. The van der Waals surface area contributed by atoms with Crippen molar-refractivity contribution < 1.29 is 18.7 Å². The summed E-state index contributed by atoms with van der Waals surface area (Å²) in [5, 5.41) is 9.91. The van der Waals surface area contributed by atoms with Gasteiger partial charge in [0, 0.05) is 30.9 Å². The van der Waals surface area contributed by atoms with Gasteiger partial charge in [0.05, 0.1) is 12.1 Å². The molecule has 1 fully saturated rings. The molecular weight excluding hydrogens is 314 g/mol. The Bertz CT molecular complexity index is 724. The van der Waals surface area contributed by atoms with E-state index in [1.807, 2.05) is 6.07 Å². The number of rotatable bonds is 4. The fourth-order valence-electron chi connectivity index (χ4n) is 3.10. The number of aliphatic hydroxyl groups is 1. The third-order valence-electron chi connectivity index (χ3n) is 4.27. The molecule has 0 bridgehead atoms. The highest BCUT2D eigenvalue weighted by Gasteiger charge is 2.36. The lowest BCUT2D eigenvalue weighted by Gasteiger charge is -2.25. The van der Waals surface area contributed by atoms with Crippen LogP contribution in [0.15, 0.2) is 42.7 Å². The van der Waals surface area contributed by atoms with Crippen LogP contribution < -0.4 is 0 Å². The number of amides is 1. The third-order valence-corrected chi connectivity index (χ3v) is 4.27. The van der Waals surface area contributed by atoms with Crippen molar-refractivity contribution >= 4 is 5.91 Å². The molecule has 1 saturated heterocycles. The van der Waals surface area contributed by atoms with Gasteiger partial charge in [0.25, 0.3) is 0 Å². The predicted molar refractivity (Wildman–Crippen MR) is 84.0 cm³/mol. The van der Waals surface area contributed by atoms with Crippen molar-refractivity contribution in [2.75, 3.05) is 6.54 Å². The van der Waals surface area contributed by atoms with Gasteiger partial charge < -0.3 is 10.0 Å². The minimum atomic E-state index is -0.736. The van der Waals surface area contributed by atoms with E-state index in [2.05, 4.69) is 4.98 Å². The topological polar surface area (TPSA) is 53.4 Å². The molecule has 1 aromatic carbocycles. The van der Waals surface area contributed by atoms with Gasteiger partial charge in [0.2, 0.25) is 5.91 Å². The largest absolute Gasteiger partial charge is 0.391 e. The first-order valence-electron chi connectivity index (χ1n) is 7.86. The predicted octanol–water partition coefficient (Wildman–Crippen LogP) is 2.63. The van der Waals surface area contributed by atoms with Crippen molar-refractivity contribution in [3.63, 3.8) is 0 Å². The standard InChI is InChI=1S/C18H18F2N2O2/c19-13-4-5-16(20)15(8-13)17-9-14(23)11-22(17)18(24)6-3-12-2-1-7-21-10-12/h1-2,4-5,7-8,10,14,17,23H,3,6,9,11H2. The minimum absolute atomic E-state index is 0.112. The quantitative estimate of drug-likeness (QED) is 0.936. The number of aryl methyl sites for hydroxylation is 1. The van der Waals surface area contributed by atoms with Crippen LogP contribution in [-0.4, -0.2) is 33.5 Å². The maximum absolute atomic E-state index is 14.0. The van der Waals surface area contributed by atoms with Crippen molar-refractivity contribution in [1.82, 2.24) is 9.88 Å². The summed E-state index contributed by atoms with van der Waals surface area (Å²) in [4.78, 5) is 18.0. The number of hydrogen-bond donors (Lipinski definition) is 1. The second kappa shape index (κ2) is 7.05. The van der Waals surface area contributed by atoms with Gasteiger partial charge in [-0.15, -0.1) is 0 Å². The van der Waals surface area contributed by atoms with Crippen LogP contribution in [0.25, 0.3) is 0 Å². The first kappa shape index (κ1) is 16.5. The minimum Gasteiger partial charge on any atom is -0.391 e. The average molecular weight is 332 g/mol. The Morgan fingerprint density at radius 1 is 1.33 bits per heavy atom. The van der Waals surface area contributed by atoms with Crippen LogP contribution in [0.5, 0.6) is 0 Å². The van der Waals surface area contributed by atoms with E-state index in [4.69, 9.17) is 0 Å². The number of benzene rings is 1. The smallest absolute Gasteiger partial charge is 0.223 e. The maximum atomic E-state index is 14.0. The molecule has 1 N–H and O–H groups in total. The molecule has 0 saturated carbocycles. The van der Waals surface area contributed by atoms with Crippen molar-refractivity contribution in [1.29, 1.82) is 0 Å². The molecule has 0 spiro atoms. The molecule has 1 aliphatic rings. The van der Waals surface area contributed by atoms with Crippen LogP contribution in [0.2, 0.25) is 0 Å². The number of likely N-dealkylation sites (tertiary alicyclic amines) is 1. The zero-order chi connectivity index (χ0) is 17.1. The highest BCUT2D eigenvalue weighted by molar-refractivity contribution is 5.77. The third kappa shape index (κ3) is 3.59. The summed E-state index contributed by atoms with van der Waals surface area (Å²) in [6.07, 6.45) is 3.56. The molecule has 6 heteroatoms. The van der Waals surface area contributed by atoms with Crippen LogP contribution in [0, 0.1) is 11.6 Å². The van der Waals surface area contributed by atoms with E-state index in [-0.39, 0.29) is 30.9 Å². The van der Waals surface area contributed by atoms with Gasteiger partial charge in [-0.2, -0.15) is 0 Å². The van der Waals surface area contributed by atoms with Gasteiger partial charge in [-0.1, -0.05) is 6.07 Å². The molecule has 1 aromatic heterocycles. The number of halogens is 2. The second-order valence-electron chi connectivity index (χ2n) is 5.98. The molecule has 1 amide bonds. The van der Waals surface area contributed by atoms with Gasteiger partial charge in [-0.25, -0.2) is 8.78 Å². The fraction of sp³-hybridized carbons (Fsp3) is 0.333. The number of aromatic nitrogens is 1. The molecule has 2 unspecified atom stereocenters. The van der Waals surface area contributed by atoms with Gasteiger partial charge in [-0.05, 0) is 42.7 Å². The van der Waals surface area contributed by atoms with E-state index in [1.54, 1.807) is 18.5 Å². The number of pyridine rings is 1. The first-order valence-corrected chi connectivity index (χ1v) is 7.86. The maximum Gasteiger partial charge on any atom is 0.223 e. The molecule has 0 radical (unpaired) electrons. The lowest BCUT2D eigenvalue weighted by molar-refractivity contribution is -0.132. The van der Waals surface area contributed by atoms with Crippen LogP contribution in [0.4, 0.5) is 8.78 Å². The number of carbonyl (C=O) groups excluding carboxylic acids is 1. The van der Waals surface area contributed by atoms with Gasteiger partial charge in [0.15, 0.2) is 0 Å². The molecule has 4 nitrogen and oxygen atoms in total. The summed E-state index contributed by atoms with van der Waals surface area (Å²) in [6.45, 7) is 0.131. The van der Waals surface area contributed by atoms with Crippen molar-refractivity contribution in [3.05, 3.63) is 65.5 Å². The zero-order valence-corrected chi connectivity index (χ0v) is 13.0. The van der Waals surface area contributed by atoms with Crippen LogP contribution in [-0.2, 0) is 11.2 Å². The van der Waals surface area contributed by atoms with Gasteiger partial charge in [-0.3, -0.25) is 9.78 Å². The van der Waals surface area contributed by atoms with Crippen LogP contribution >= 0.6 is 0 Å². The van der Waals surface area contributed by atoms with Crippen LogP contribution in [0.3, 0.4) is 0 Å². The lowest BCUT2D eigenvalue weighted by Crippen LogP contribution is -2.32. The second-order valence-corrected chi connectivity index (χ2v) is 5.98. The van der Waals surface area contributed by atoms with Crippen LogP contribution in [0.1, 0.15) is 30.0 Å². The van der Waals surface area contributed by atoms with Gasteiger partial charge in [0.1, 0.15) is 11.6 Å². The highest BCUT2D eigenvalue weighted by Crippen LogP contribution is 2.34. The van der Waals surface area contributed by atoms with E-state index in [9.17, 15) is 18.7 Å². The van der Waals surface area contributed by atoms with Gasteiger partial charge >= 0.3 is 0 Å². The normalized spacial score (nSPS) is 20.4. The molecular formula is C18H18F2N2O2. The number of aliphatic hydroxyl groups excluding tert-OH is 1. The molecule has 126 valence electrons. The molecule has 2 heterocycles. The lowest BCUT2D eigenvalue weighted by atomic mass is 10.0. The molecule has 2 atom stereocenters.